The smallest absolute Gasteiger partial charge is 0.242 e. The fourth-order valence-electron chi connectivity index (χ4n) is 4.57. The van der Waals surface area contributed by atoms with Crippen LogP contribution in [0.5, 0.6) is 5.75 Å². The SMILES string of the molecule is COc1ccc([C@H]2CC(=O)N(N(C)C)C3=C2C(=O)C[C@@H](c2ccccc2)C3)cc1. The number of allylic oxidation sites excluding steroid dienone is 2. The maximum atomic E-state index is 13.4. The van der Waals surface area contributed by atoms with Gasteiger partial charge in [-0.1, -0.05) is 42.5 Å². The average Bonchev–Trinajstić information content (AvgIpc) is 2.73. The first kappa shape index (κ1) is 19.4. The number of hydrogen-bond donors (Lipinski definition) is 0. The lowest BCUT2D eigenvalue weighted by molar-refractivity contribution is -0.143. The van der Waals surface area contributed by atoms with Gasteiger partial charge in [-0.15, -0.1) is 0 Å². The summed E-state index contributed by atoms with van der Waals surface area (Å²) >= 11 is 0. The third-order valence-electron chi connectivity index (χ3n) is 5.89. The molecule has 0 bridgehead atoms. The maximum Gasteiger partial charge on any atom is 0.242 e. The lowest BCUT2D eigenvalue weighted by atomic mass is 9.73. The normalized spacial score (nSPS) is 22.1. The first-order valence-electron chi connectivity index (χ1n) is 9.95. The second-order valence-electron chi connectivity index (χ2n) is 7.88. The van der Waals surface area contributed by atoms with Gasteiger partial charge in [0.2, 0.25) is 5.91 Å². The van der Waals surface area contributed by atoms with Gasteiger partial charge < -0.3 is 4.74 Å². The van der Waals surface area contributed by atoms with Crippen LogP contribution in [0.2, 0.25) is 0 Å². The zero-order chi connectivity index (χ0) is 20.5. The van der Waals surface area contributed by atoms with Gasteiger partial charge in [-0.3, -0.25) is 9.59 Å². The summed E-state index contributed by atoms with van der Waals surface area (Å²) in [5, 5.41) is 3.49. The highest BCUT2D eigenvalue weighted by Crippen LogP contribution is 2.45. The van der Waals surface area contributed by atoms with Gasteiger partial charge in [0, 0.05) is 44.1 Å². The number of hydrazine groups is 1. The zero-order valence-corrected chi connectivity index (χ0v) is 17.1. The molecule has 150 valence electrons. The highest BCUT2D eigenvalue weighted by atomic mass is 16.5. The van der Waals surface area contributed by atoms with Gasteiger partial charge in [0.25, 0.3) is 0 Å². The first-order chi connectivity index (χ1) is 14.0. The summed E-state index contributed by atoms with van der Waals surface area (Å²) in [5.41, 5.74) is 3.76. The number of methoxy groups -OCH3 is 1. The molecule has 1 aliphatic carbocycles. The Morgan fingerprint density at radius 1 is 0.897 bits per heavy atom. The first-order valence-corrected chi connectivity index (χ1v) is 9.95. The molecule has 0 saturated heterocycles. The van der Waals surface area contributed by atoms with Crippen molar-refractivity contribution >= 4 is 11.7 Å². The molecule has 2 aromatic rings. The Bertz CT molecular complexity index is 948. The Balaban J connectivity index is 1.78. The van der Waals surface area contributed by atoms with E-state index in [9.17, 15) is 9.59 Å². The molecule has 2 atom stereocenters. The van der Waals surface area contributed by atoms with E-state index in [0.717, 1.165) is 28.1 Å². The quantitative estimate of drug-likeness (QED) is 0.795. The summed E-state index contributed by atoms with van der Waals surface area (Å²) < 4.78 is 5.26. The molecule has 5 heteroatoms. The summed E-state index contributed by atoms with van der Waals surface area (Å²) in [5.74, 6) is 0.812. The van der Waals surface area contributed by atoms with E-state index in [4.69, 9.17) is 4.74 Å². The van der Waals surface area contributed by atoms with Crippen LogP contribution in [0.15, 0.2) is 65.9 Å². The van der Waals surface area contributed by atoms with E-state index in [1.54, 1.807) is 17.1 Å². The molecule has 0 fully saturated rings. The van der Waals surface area contributed by atoms with E-state index in [0.29, 0.717) is 19.3 Å². The third-order valence-corrected chi connectivity index (χ3v) is 5.89. The minimum atomic E-state index is -0.205. The van der Waals surface area contributed by atoms with Crippen LogP contribution in [0.3, 0.4) is 0 Å². The van der Waals surface area contributed by atoms with Crippen LogP contribution in [-0.4, -0.2) is 42.9 Å². The highest BCUT2D eigenvalue weighted by molar-refractivity contribution is 6.02. The largest absolute Gasteiger partial charge is 0.497 e. The van der Waals surface area contributed by atoms with E-state index < -0.39 is 0 Å². The molecule has 0 saturated carbocycles. The predicted octanol–water partition coefficient (Wildman–Crippen LogP) is 3.89. The van der Waals surface area contributed by atoms with E-state index in [1.807, 2.05) is 56.6 Å². The number of benzene rings is 2. The molecule has 0 N–H and O–H groups in total. The lowest BCUT2D eigenvalue weighted by Gasteiger charge is -2.42. The van der Waals surface area contributed by atoms with Crippen LogP contribution in [0.4, 0.5) is 0 Å². The molecule has 4 rings (SSSR count). The summed E-state index contributed by atoms with van der Waals surface area (Å²) in [7, 11) is 5.34. The Morgan fingerprint density at radius 3 is 2.21 bits per heavy atom. The van der Waals surface area contributed by atoms with Crippen molar-refractivity contribution in [3.8, 4) is 5.75 Å². The molecule has 1 amide bonds. The van der Waals surface area contributed by atoms with Crippen LogP contribution >= 0.6 is 0 Å². The molecule has 29 heavy (non-hydrogen) atoms. The summed E-state index contributed by atoms with van der Waals surface area (Å²) in [6.45, 7) is 0. The van der Waals surface area contributed by atoms with Crippen LogP contribution in [0.25, 0.3) is 0 Å². The molecule has 0 unspecified atom stereocenters. The number of ketones is 1. The highest BCUT2D eigenvalue weighted by Gasteiger charge is 2.42. The van der Waals surface area contributed by atoms with Crippen LogP contribution in [-0.2, 0) is 9.59 Å². The van der Waals surface area contributed by atoms with Crippen LogP contribution < -0.4 is 4.74 Å². The van der Waals surface area contributed by atoms with Crippen LogP contribution in [0, 0.1) is 0 Å². The monoisotopic (exact) mass is 390 g/mol. The van der Waals surface area contributed by atoms with Gasteiger partial charge in [0.15, 0.2) is 5.78 Å². The third kappa shape index (κ3) is 3.58. The molecule has 1 heterocycles. The second kappa shape index (κ2) is 7.84. The Kier molecular flexibility index (Phi) is 5.24. The minimum Gasteiger partial charge on any atom is -0.497 e. The Morgan fingerprint density at radius 2 is 1.59 bits per heavy atom. The van der Waals surface area contributed by atoms with Gasteiger partial charge in [0.1, 0.15) is 5.75 Å². The molecule has 0 radical (unpaired) electrons. The van der Waals surface area contributed by atoms with Crippen molar-refractivity contribution in [3.63, 3.8) is 0 Å². The number of nitrogens with zero attached hydrogens (tertiary/aromatic N) is 2. The molecular weight excluding hydrogens is 364 g/mol. The van der Waals surface area contributed by atoms with Gasteiger partial charge >= 0.3 is 0 Å². The van der Waals surface area contributed by atoms with E-state index in [2.05, 4.69) is 12.1 Å². The van der Waals surface area contributed by atoms with E-state index in [-0.39, 0.29) is 23.5 Å². The molecule has 1 aliphatic heterocycles. The Hall–Kier alpha value is -2.92. The van der Waals surface area contributed by atoms with Crippen molar-refractivity contribution in [2.45, 2.75) is 31.1 Å². The summed E-state index contributed by atoms with van der Waals surface area (Å²) in [6.07, 6.45) is 1.46. The zero-order valence-electron chi connectivity index (χ0n) is 17.1. The van der Waals surface area contributed by atoms with Crippen molar-refractivity contribution in [1.29, 1.82) is 0 Å². The fraction of sp³-hybridized carbons (Fsp3) is 0.333. The molecule has 0 aromatic heterocycles. The number of amides is 1. The number of rotatable bonds is 4. The van der Waals surface area contributed by atoms with E-state index >= 15 is 0 Å². The van der Waals surface area contributed by atoms with Crippen LogP contribution in [0.1, 0.15) is 42.2 Å². The Labute approximate surface area is 171 Å². The van der Waals surface area contributed by atoms with Gasteiger partial charge in [-0.2, -0.15) is 0 Å². The fourth-order valence-corrected chi connectivity index (χ4v) is 4.57. The number of carbonyl (C=O) groups is 2. The number of hydrogen-bond acceptors (Lipinski definition) is 4. The molecule has 0 spiro atoms. The number of ether oxygens (including phenoxy) is 1. The van der Waals surface area contributed by atoms with Crippen molar-refractivity contribution in [2.75, 3.05) is 21.2 Å². The maximum absolute atomic E-state index is 13.4. The summed E-state index contributed by atoms with van der Waals surface area (Å²) in [6, 6.07) is 17.8. The predicted molar refractivity (Wildman–Crippen MR) is 111 cm³/mol. The molecule has 5 nitrogen and oxygen atoms in total. The van der Waals surface area contributed by atoms with Crippen molar-refractivity contribution in [1.82, 2.24) is 10.0 Å². The number of Topliss-reactive ketones (excluding diaryl/α,β-unsaturated/α-hetero) is 1. The molecule has 2 aromatic carbocycles. The topological polar surface area (TPSA) is 49.9 Å². The minimum absolute atomic E-state index is 0.0241. The van der Waals surface area contributed by atoms with Crippen molar-refractivity contribution in [2.24, 2.45) is 0 Å². The van der Waals surface area contributed by atoms with Crippen molar-refractivity contribution < 1.29 is 14.3 Å². The number of carbonyl (C=O) groups excluding carboxylic acids is 2. The summed E-state index contributed by atoms with van der Waals surface area (Å²) in [4.78, 5) is 26.4. The average molecular weight is 390 g/mol. The lowest BCUT2D eigenvalue weighted by Crippen LogP contribution is -2.47. The second-order valence-corrected chi connectivity index (χ2v) is 7.88. The van der Waals surface area contributed by atoms with Gasteiger partial charge in [0.05, 0.1) is 7.11 Å². The van der Waals surface area contributed by atoms with Gasteiger partial charge in [-0.25, -0.2) is 10.0 Å². The van der Waals surface area contributed by atoms with E-state index in [1.165, 1.54) is 0 Å². The van der Waals surface area contributed by atoms with Crippen molar-refractivity contribution in [3.05, 3.63) is 77.0 Å². The standard InChI is InChI=1S/C24H26N2O3/c1-25(2)26-21-13-18(16-7-5-4-6-8-16)14-22(27)24(21)20(15-23(26)28)17-9-11-19(29-3)12-10-17/h4-12,18,20H,13-15H2,1-3H3/t18-,20+/m0/s1. The van der Waals surface area contributed by atoms with Gasteiger partial charge in [-0.05, 0) is 35.6 Å². The molecule has 2 aliphatic rings. The molecular formula is C24H26N2O3.